The molecule has 3 nitrogen and oxygen atoms in total. The molecule has 11 rings (SSSR count). The smallest absolute Gasteiger partial charge is 0.143 e. The van der Waals surface area contributed by atoms with Crippen LogP contribution in [0, 0.1) is 0 Å². The van der Waals surface area contributed by atoms with Gasteiger partial charge in [-0.15, -0.1) is 0 Å². The lowest BCUT2D eigenvalue weighted by Crippen LogP contribution is -2.09. The molecule has 2 aromatic heterocycles. The van der Waals surface area contributed by atoms with Gasteiger partial charge in [-0.1, -0.05) is 140 Å². The molecule has 258 valence electrons. The van der Waals surface area contributed by atoms with Crippen molar-refractivity contribution >= 4 is 71.6 Å². The van der Waals surface area contributed by atoms with Gasteiger partial charge in [-0.3, -0.25) is 0 Å². The maximum Gasteiger partial charge on any atom is 0.143 e. The second-order valence-electron chi connectivity index (χ2n) is 14.1. The highest BCUT2D eigenvalue weighted by molar-refractivity contribution is 6.20. The summed E-state index contributed by atoms with van der Waals surface area (Å²) in [5.74, 6) is 0. The van der Waals surface area contributed by atoms with Gasteiger partial charge in [-0.2, -0.15) is 0 Å². The van der Waals surface area contributed by atoms with Crippen molar-refractivity contribution in [1.82, 2.24) is 4.57 Å². The molecule has 0 unspecified atom stereocenters. The molecule has 0 aliphatic heterocycles. The van der Waals surface area contributed by atoms with E-state index in [0.717, 1.165) is 66.8 Å². The van der Waals surface area contributed by atoms with Crippen LogP contribution in [0.4, 0.5) is 17.1 Å². The molecule has 11 aromatic rings. The van der Waals surface area contributed by atoms with Crippen molar-refractivity contribution in [2.75, 3.05) is 4.90 Å². The molecule has 0 radical (unpaired) electrons. The number of furan rings is 1. The van der Waals surface area contributed by atoms with Gasteiger partial charge in [-0.25, -0.2) is 0 Å². The lowest BCUT2D eigenvalue weighted by molar-refractivity contribution is 0.674. The minimum Gasteiger partial charge on any atom is -0.455 e. The molecule has 0 saturated heterocycles. The fraction of sp³-hybridized carbons (Fsp3) is 0. The molecule has 3 heteroatoms. The fourth-order valence-corrected chi connectivity index (χ4v) is 8.47. The van der Waals surface area contributed by atoms with Crippen LogP contribution >= 0.6 is 0 Å². The molecular formula is C52H34N2O. The number of anilines is 3. The molecule has 0 amide bonds. The van der Waals surface area contributed by atoms with Gasteiger partial charge in [0, 0.05) is 55.2 Å². The molecule has 0 spiro atoms. The molecule has 0 aliphatic carbocycles. The summed E-state index contributed by atoms with van der Waals surface area (Å²) in [5, 5.41) is 6.98. The summed E-state index contributed by atoms with van der Waals surface area (Å²) < 4.78 is 9.13. The molecule has 55 heavy (non-hydrogen) atoms. The van der Waals surface area contributed by atoms with E-state index in [1.165, 1.54) is 32.8 Å². The van der Waals surface area contributed by atoms with Gasteiger partial charge in [0.15, 0.2) is 0 Å². The molecule has 0 aliphatic rings. The summed E-state index contributed by atoms with van der Waals surface area (Å²) >= 11 is 0. The zero-order valence-corrected chi connectivity index (χ0v) is 29.9. The van der Waals surface area contributed by atoms with Gasteiger partial charge in [0.1, 0.15) is 11.2 Å². The lowest BCUT2D eigenvalue weighted by Gasteiger charge is -2.26. The van der Waals surface area contributed by atoms with Gasteiger partial charge in [0.05, 0.1) is 11.0 Å². The first-order valence-corrected chi connectivity index (χ1v) is 18.8. The Kier molecular flexibility index (Phi) is 7.17. The van der Waals surface area contributed by atoms with Crippen molar-refractivity contribution < 1.29 is 4.42 Å². The summed E-state index contributed by atoms with van der Waals surface area (Å²) in [6, 6.07) is 73.8. The summed E-state index contributed by atoms with van der Waals surface area (Å²) in [6.07, 6.45) is 0. The lowest BCUT2D eigenvalue weighted by atomic mass is 9.94. The van der Waals surface area contributed by atoms with E-state index in [4.69, 9.17) is 4.42 Å². The first kappa shape index (κ1) is 31.2. The number of hydrogen-bond donors (Lipinski definition) is 0. The Labute approximate surface area is 318 Å². The standard InChI is InChI=1S/C52H34N2O/c1-4-15-35(16-5-1)41-24-14-25-45-48-34-46(42-21-10-11-23-44(42)52(48)55-51(41)45)36-27-29-39(30-28-36)53(37-17-6-2-7-18-37)40-31-32-50-47(33-40)43-22-12-13-26-49(43)54(50)38-19-8-3-9-20-38/h1-34H. The van der Waals surface area contributed by atoms with E-state index in [9.17, 15) is 0 Å². The first-order chi connectivity index (χ1) is 27.3. The van der Waals surface area contributed by atoms with Crippen LogP contribution in [0.15, 0.2) is 211 Å². The highest BCUT2D eigenvalue weighted by atomic mass is 16.3. The van der Waals surface area contributed by atoms with Crippen LogP contribution < -0.4 is 4.90 Å². The summed E-state index contributed by atoms with van der Waals surface area (Å²) in [4.78, 5) is 2.36. The van der Waals surface area contributed by atoms with Crippen molar-refractivity contribution in [1.29, 1.82) is 0 Å². The molecule has 0 saturated carbocycles. The average molecular weight is 703 g/mol. The Morgan fingerprint density at radius 3 is 1.67 bits per heavy atom. The zero-order valence-electron chi connectivity index (χ0n) is 29.9. The SMILES string of the molecule is c1ccc(-c2cccc3c2oc2c4ccccc4c(-c4ccc(N(c5ccccc5)c5ccc6c(c5)c5ccccc5n6-c5ccccc5)cc4)cc32)cc1. The van der Waals surface area contributed by atoms with E-state index in [-0.39, 0.29) is 0 Å². The maximum absolute atomic E-state index is 6.77. The number of fused-ring (bicyclic) bond motifs is 8. The van der Waals surface area contributed by atoms with E-state index in [1.54, 1.807) is 0 Å². The van der Waals surface area contributed by atoms with Crippen LogP contribution in [0.2, 0.25) is 0 Å². The molecule has 0 fully saturated rings. The second kappa shape index (κ2) is 12.6. The van der Waals surface area contributed by atoms with Gasteiger partial charge in [0.2, 0.25) is 0 Å². The highest BCUT2D eigenvalue weighted by Crippen LogP contribution is 2.44. The molecule has 9 aromatic carbocycles. The highest BCUT2D eigenvalue weighted by Gasteiger charge is 2.20. The third kappa shape index (κ3) is 5.05. The molecule has 0 bridgehead atoms. The largest absolute Gasteiger partial charge is 0.455 e. The van der Waals surface area contributed by atoms with Crippen molar-refractivity contribution in [3.8, 4) is 27.9 Å². The van der Waals surface area contributed by atoms with E-state index in [1.807, 2.05) is 0 Å². The van der Waals surface area contributed by atoms with Gasteiger partial charge < -0.3 is 13.9 Å². The third-order valence-electron chi connectivity index (χ3n) is 11.0. The molecular weight excluding hydrogens is 669 g/mol. The monoisotopic (exact) mass is 702 g/mol. The van der Waals surface area contributed by atoms with Crippen LogP contribution in [-0.4, -0.2) is 4.57 Å². The average Bonchev–Trinajstić information content (AvgIpc) is 3.81. The van der Waals surface area contributed by atoms with Gasteiger partial charge >= 0.3 is 0 Å². The first-order valence-electron chi connectivity index (χ1n) is 18.8. The quantitative estimate of drug-likeness (QED) is 0.172. The van der Waals surface area contributed by atoms with Crippen molar-refractivity contribution in [2.24, 2.45) is 0 Å². The maximum atomic E-state index is 6.77. The normalized spacial score (nSPS) is 11.6. The van der Waals surface area contributed by atoms with Crippen molar-refractivity contribution in [2.45, 2.75) is 0 Å². The molecule has 2 heterocycles. The zero-order chi connectivity index (χ0) is 36.3. The Hall–Kier alpha value is -7.36. The second-order valence-corrected chi connectivity index (χ2v) is 14.1. The molecule has 0 N–H and O–H groups in total. The predicted octanol–water partition coefficient (Wildman–Crippen LogP) is 14.6. The summed E-state index contributed by atoms with van der Waals surface area (Å²) in [7, 11) is 0. The van der Waals surface area contributed by atoms with Gasteiger partial charge in [0.25, 0.3) is 0 Å². The van der Waals surface area contributed by atoms with Gasteiger partial charge in [-0.05, 0) is 88.8 Å². The number of aromatic nitrogens is 1. The summed E-state index contributed by atoms with van der Waals surface area (Å²) in [6.45, 7) is 0. The van der Waals surface area contributed by atoms with Crippen LogP contribution in [-0.2, 0) is 0 Å². The van der Waals surface area contributed by atoms with E-state index < -0.39 is 0 Å². The predicted molar refractivity (Wildman–Crippen MR) is 231 cm³/mol. The van der Waals surface area contributed by atoms with E-state index in [0.29, 0.717) is 0 Å². The third-order valence-corrected chi connectivity index (χ3v) is 11.0. The number of rotatable bonds is 6. The summed E-state index contributed by atoms with van der Waals surface area (Å²) in [5.41, 5.74) is 13.3. The van der Waals surface area contributed by atoms with Crippen molar-refractivity contribution in [3.05, 3.63) is 206 Å². The Bertz CT molecular complexity index is 3180. The number of para-hydroxylation sites is 4. The topological polar surface area (TPSA) is 21.3 Å². The van der Waals surface area contributed by atoms with Crippen molar-refractivity contribution in [3.63, 3.8) is 0 Å². The minimum absolute atomic E-state index is 0.920. The Morgan fingerprint density at radius 2 is 0.891 bits per heavy atom. The minimum atomic E-state index is 0.920. The van der Waals surface area contributed by atoms with E-state index >= 15 is 0 Å². The Morgan fingerprint density at radius 1 is 0.327 bits per heavy atom. The fourth-order valence-electron chi connectivity index (χ4n) is 8.47. The number of nitrogens with zero attached hydrogens (tertiary/aromatic N) is 2. The number of hydrogen-bond acceptors (Lipinski definition) is 2. The van der Waals surface area contributed by atoms with E-state index in [2.05, 4.69) is 216 Å². The Balaban J connectivity index is 1.06. The van der Waals surface area contributed by atoms with Crippen LogP contribution in [0.3, 0.4) is 0 Å². The van der Waals surface area contributed by atoms with Crippen LogP contribution in [0.25, 0.3) is 82.5 Å². The van der Waals surface area contributed by atoms with Crippen LogP contribution in [0.1, 0.15) is 0 Å². The molecule has 0 atom stereocenters. The van der Waals surface area contributed by atoms with Crippen LogP contribution in [0.5, 0.6) is 0 Å². The number of benzene rings is 9.